The Morgan fingerprint density at radius 1 is 0.833 bits per heavy atom. The second kappa shape index (κ2) is 14.3. The Hall–Kier alpha value is 0.127. The zero-order valence-electron chi connectivity index (χ0n) is 16.8. The molecule has 0 saturated heterocycles. The van der Waals surface area contributed by atoms with Gasteiger partial charge in [0, 0.05) is 6.42 Å². The quantitative estimate of drug-likeness (QED) is 0.192. The third-order valence-electron chi connectivity index (χ3n) is 5.58. The van der Waals surface area contributed by atoms with Crippen LogP contribution >= 0.6 is 11.8 Å². The second-order valence-electron chi connectivity index (χ2n) is 8.13. The molecule has 1 rings (SSSR count). The molecular weight excluding hydrogens is 324 g/mol. The fourth-order valence-corrected chi connectivity index (χ4v) is 7.17. The van der Waals surface area contributed by atoms with Gasteiger partial charge in [0.25, 0.3) is 0 Å². The SMILES string of the molecule is CCSCCCCCCCCCCC#C[Si](C)(C)C1CCCCC1. The van der Waals surface area contributed by atoms with E-state index in [1.165, 1.54) is 95.0 Å². The standard InChI is InChI=1S/C22H42SSi/c1-4-23-20-16-11-9-7-5-6-8-10-12-17-21-24(2,3)22-18-14-13-15-19-22/h22H,4-16,18-20H2,1-3H3. The summed E-state index contributed by atoms with van der Waals surface area (Å²) in [7, 11) is -1.27. The Balaban J connectivity index is 1.94. The summed E-state index contributed by atoms with van der Waals surface area (Å²) in [5, 5.41) is 0. The van der Waals surface area contributed by atoms with Crippen LogP contribution in [0.1, 0.15) is 96.8 Å². The summed E-state index contributed by atoms with van der Waals surface area (Å²) in [5.41, 5.74) is 4.73. The minimum absolute atomic E-state index is 0.981. The van der Waals surface area contributed by atoms with E-state index in [0.29, 0.717) is 0 Å². The van der Waals surface area contributed by atoms with E-state index in [1.54, 1.807) is 0 Å². The summed E-state index contributed by atoms with van der Waals surface area (Å²) in [4.78, 5) is 0. The molecule has 0 aromatic rings. The maximum absolute atomic E-state index is 3.75. The zero-order chi connectivity index (χ0) is 17.5. The van der Waals surface area contributed by atoms with Gasteiger partial charge in [-0.3, -0.25) is 0 Å². The molecule has 0 nitrogen and oxygen atoms in total. The Kier molecular flexibility index (Phi) is 13.2. The first-order valence-electron chi connectivity index (χ1n) is 10.7. The first-order valence-corrected chi connectivity index (χ1v) is 15.0. The lowest BCUT2D eigenvalue weighted by molar-refractivity contribution is 0.494. The van der Waals surface area contributed by atoms with E-state index in [1.807, 2.05) is 0 Å². The summed E-state index contributed by atoms with van der Waals surface area (Å²) in [6.07, 6.45) is 19.8. The summed E-state index contributed by atoms with van der Waals surface area (Å²) in [5.74, 6) is 6.21. The molecule has 1 aliphatic carbocycles. The van der Waals surface area contributed by atoms with Gasteiger partial charge in [0.05, 0.1) is 0 Å². The van der Waals surface area contributed by atoms with Crippen LogP contribution in [0, 0.1) is 11.5 Å². The van der Waals surface area contributed by atoms with E-state index in [9.17, 15) is 0 Å². The van der Waals surface area contributed by atoms with Gasteiger partial charge < -0.3 is 0 Å². The third kappa shape index (κ3) is 10.9. The predicted octanol–water partition coefficient (Wildman–Crippen LogP) is 7.84. The van der Waals surface area contributed by atoms with E-state index >= 15 is 0 Å². The van der Waals surface area contributed by atoms with Gasteiger partial charge in [-0.25, -0.2) is 0 Å². The highest BCUT2D eigenvalue weighted by Gasteiger charge is 2.31. The number of rotatable bonds is 12. The highest BCUT2D eigenvalue weighted by molar-refractivity contribution is 7.99. The van der Waals surface area contributed by atoms with Gasteiger partial charge in [-0.2, -0.15) is 11.8 Å². The lowest BCUT2D eigenvalue weighted by Gasteiger charge is -2.31. The van der Waals surface area contributed by atoms with Gasteiger partial charge in [-0.05, 0) is 29.9 Å². The fourth-order valence-electron chi connectivity index (χ4n) is 3.84. The van der Waals surface area contributed by atoms with Crippen LogP contribution in [0.5, 0.6) is 0 Å². The van der Waals surface area contributed by atoms with Gasteiger partial charge >= 0.3 is 0 Å². The van der Waals surface area contributed by atoms with Crippen molar-refractivity contribution in [2.24, 2.45) is 0 Å². The number of hydrogen-bond acceptors (Lipinski definition) is 1. The minimum Gasteiger partial charge on any atom is -0.162 e. The molecule has 0 heterocycles. The molecule has 0 N–H and O–H groups in total. The van der Waals surface area contributed by atoms with Gasteiger partial charge in [-0.1, -0.05) is 90.6 Å². The van der Waals surface area contributed by atoms with Crippen molar-refractivity contribution in [1.82, 2.24) is 0 Å². The zero-order valence-corrected chi connectivity index (χ0v) is 18.6. The second-order valence-corrected chi connectivity index (χ2v) is 14.0. The van der Waals surface area contributed by atoms with E-state index in [-0.39, 0.29) is 0 Å². The molecule has 140 valence electrons. The van der Waals surface area contributed by atoms with Crippen LogP contribution in [0.25, 0.3) is 0 Å². The smallest absolute Gasteiger partial charge is 0.135 e. The Morgan fingerprint density at radius 2 is 1.42 bits per heavy atom. The van der Waals surface area contributed by atoms with Gasteiger partial charge in [0.15, 0.2) is 0 Å². The summed E-state index contributed by atoms with van der Waals surface area (Å²) in [6.45, 7) is 7.28. The van der Waals surface area contributed by atoms with Crippen LogP contribution in [0.15, 0.2) is 0 Å². The fraction of sp³-hybridized carbons (Fsp3) is 0.909. The predicted molar refractivity (Wildman–Crippen MR) is 117 cm³/mol. The van der Waals surface area contributed by atoms with Crippen molar-refractivity contribution in [1.29, 1.82) is 0 Å². The summed E-state index contributed by atoms with van der Waals surface area (Å²) < 4.78 is 0. The number of hydrogen-bond donors (Lipinski definition) is 0. The average molecular weight is 367 g/mol. The first kappa shape index (κ1) is 22.2. The van der Waals surface area contributed by atoms with Crippen LogP contribution in [0.4, 0.5) is 0 Å². The number of thioether (sulfide) groups is 1. The van der Waals surface area contributed by atoms with Crippen LogP contribution < -0.4 is 0 Å². The van der Waals surface area contributed by atoms with Gasteiger partial charge in [-0.15, -0.1) is 11.5 Å². The van der Waals surface area contributed by atoms with Crippen molar-refractivity contribution in [3.8, 4) is 11.5 Å². The monoisotopic (exact) mass is 366 g/mol. The lowest BCUT2D eigenvalue weighted by atomic mass is 10.0. The largest absolute Gasteiger partial charge is 0.162 e. The molecule has 2 heteroatoms. The van der Waals surface area contributed by atoms with Crippen LogP contribution in [-0.4, -0.2) is 19.6 Å². The molecule has 1 aliphatic rings. The molecule has 24 heavy (non-hydrogen) atoms. The van der Waals surface area contributed by atoms with E-state index in [4.69, 9.17) is 0 Å². The van der Waals surface area contributed by atoms with Crippen LogP contribution in [-0.2, 0) is 0 Å². The van der Waals surface area contributed by atoms with Crippen molar-refractivity contribution in [2.45, 2.75) is 115 Å². The first-order chi connectivity index (χ1) is 11.7. The molecule has 0 bridgehead atoms. The molecule has 0 radical (unpaired) electrons. The van der Waals surface area contributed by atoms with Gasteiger partial charge in [0.2, 0.25) is 0 Å². The summed E-state index contributed by atoms with van der Waals surface area (Å²) in [6, 6.07) is 0. The number of unbranched alkanes of at least 4 members (excludes halogenated alkanes) is 8. The molecule has 0 amide bonds. The van der Waals surface area contributed by atoms with Crippen LogP contribution in [0.3, 0.4) is 0 Å². The highest BCUT2D eigenvalue weighted by Crippen LogP contribution is 2.36. The normalized spacial score (nSPS) is 16.0. The lowest BCUT2D eigenvalue weighted by Crippen LogP contribution is -2.32. The van der Waals surface area contributed by atoms with E-state index in [0.717, 1.165) is 12.0 Å². The molecule has 0 aromatic heterocycles. The third-order valence-corrected chi connectivity index (χ3v) is 10.0. The van der Waals surface area contributed by atoms with E-state index in [2.05, 4.69) is 43.2 Å². The van der Waals surface area contributed by atoms with Crippen LogP contribution in [0.2, 0.25) is 18.6 Å². The van der Waals surface area contributed by atoms with Crippen molar-refractivity contribution in [3.05, 3.63) is 0 Å². The Bertz CT molecular complexity index is 347. The topological polar surface area (TPSA) is 0 Å². The van der Waals surface area contributed by atoms with Gasteiger partial charge in [0.1, 0.15) is 8.07 Å². The Labute approximate surface area is 158 Å². The molecule has 1 saturated carbocycles. The van der Waals surface area contributed by atoms with Crippen molar-refractivity contribution in [3.63, 3.8) is 0 Å². The average Bonchev–Trinajstić information content (AvgIpc) is 2.60. The van der Waals surface area contributed by atoms with Crippen molar-refractivity contribution >= 4 is 19.8 Å². The highest BCUT2D eigenvalue weighted by atomic mass is 32.2. The minimum atomic E-state index is -1.27. The maximum Gasteiger partial charge on any atom is 0.135 e. The van der Waals surface area contributed by atoms with Crippen molar-refractivity contribution < 1.29 is 0 Å². The molecule has 0 unspecified atom stereocenters. The molecular formula is C22H42SSi. The molecule has 0 aliphatic heterocycles. The molecule has 0 spiro atoms. The maximum atomic E-state index is 3.75. The molecule has 1 fully saturated rings. The van der Waals surface area contributed by atoms with E-state index < -0.39 is 8.07 Å². The Morgan fingerprint density at radius 3 is 2.04 bits per heavy atom. The molecule has 0 aromatic carbocycles. The molecule has 0 atom stereocenters. The summed E-state index contributed by atoms with van der Waals surface area (Å²) >= 11 is 2.09. The van der Waals surface area contributed by atoms with Crippen molar-refractivity contribution in [2.75, 3.05) is 11.5 Å².